The normalized spacial score (nSPS) is 12.0. The van der Waals surface area contributed by atoms with Gasteiger partial charge in [-0.05, 0) is 13.0 Å². The van der Waals surface area contributed by atoms with E-state index in [1.54, 1.807) is 0 Å². The van der Waals surface area contributed by atoms with Gasteiger partial charge in [0.2, 0.25) is 0 Å². The van der Waals surface area contributed by atoms with Crippen molar-refractivity contribution < 1.29 is 4.43 Å². The van der Waals surface area contributed by atoms with Gasteiger partial charge in [0.25, 0.3) is 0 Å². The van der Waals surface area contributed by atoms with E-state index in [2.05, 4.69) is 6.92 Å². The molecule has 0 aliphatic rings. The molecule has 0 aromatic rings. The number of halogens is 2. The predicted molar refractivity (Wildman–Crippen MR) is 58.0 cm³/mol. The van der Waals surface area contributed by atoms with Gasteiger partial charge in [-0.15, -0.1) is 22.2 Å². The highest BCUT2D eigenvalue weighted by Gasteiger charge is 2.28. The summed E-state index contributed by atoms with van der Waals surface area (Å²) in [6.45, 7) is 2.44. The zero-order chi connectivity index (χ0) is 9.45. The van der Waals surface area contributed by atoms with Crippen molar-refractivity contribution in [3.63, 3.8) is 0 Å². The van der Waals surface area contributed by atoms with Crippen molar-refractivity contribution in [3.8, 4) is 0 Å². The first-order chi connectivity index (χ1) is 5.62. The molecule has 0 aliphatic carbocycles. The van der Waals surface area contributed by atoms with Crippen LogP contribution >= 0.6 is 22.2 Å². The van der Waals surface area contributed by atoms with Gasteiger partial charge in [-0.1, -0.05) is 32.6 Å². The van der Waals surface area contributed by atoms with Crippen LogP contribution in [-0.2, 0) is 4.43 Å². The van der Waals surface area contributed by atoms with E-state index in [1.165, 1.54) is 19.3 Å². The predicted octanol–water partition coefficient (Wildman–Crippen LogP) is 4.02. The van der Waals surface area contributed by atoms with Crippen molar-refractivity contribution in [2.75, 3.05) is 6.61 Å². The van der Waals surface area contributed by atoms with Gasteiger partial charge in [0.1, 0.15) is 0 Å². The lowest BCUT2D eigenvalue weighted by Gasteiger charge is -2.15. The van der Waals surface area contributed by atoms with Crippen molar-refractivity contribution in [1.29, 1.82) is 0 Å². The number of unbranched alkanes of at least 4 members (excludes halogenated alkanes) is 3. The van der Waals surface area contributed by atoms with Crippen LogP contribution in [0.2, 0.25) is 6.04 Å². The summed E-state index contributed by atoms with van der Waals surface area (Å²) < 4.78 is 5.28. The fraction of sp³-hybridized carbons (Fsp3) is 1.00. The maximum atomic E-state index is 6.00. The molecule has 0 saturated heterocycles. The zero-order valence-electron chi connectivity index (χ0n) is 7.91. The molecule has 4 heteroatoms. The third-order valence-electron chi connectivity index (χ3n) is 1.68. The molecule has 0 heterocycles. The maximum Gasteiger partial charge on any atom is 0.389 e. The van der Waals surface area contributed by atoms with Gasteiger partial charge in [0.15, 0.2) is 0 Å². The summed E-state index contributed by atoms with van der Waals surface area (Å²) in [4.78, 5) is 0. The second-order valence-electron chi connectivity index (χ2n) is 2.88. The lowest BCUT2D eigenvalue weighted by atomic mass is 10.2. The summed E-state index contributed by atoms with van der Waals surface area (Å²) in [5.41, 5.74) is 0. The summed E-state index contributed by atoms with van der Waals surface area (Å²) in [5, 5.41) is 0. The van der Waals surface area contributed by atoms with Gasteiger partial charge in [-0.25, -0.2) is 0 Å². The van der Waals surface area contributed by atoms with Crippen LogP contribution in [0.25, 0.3) is 0 Å². The summed E-state index contributed by atoms with van der Waals surface area (Å²) in [7, 11) is 0. The van der Waals surface area contributed by atoms with Gasteiger partial charge in [-0.3, -0.25) is 0 Å². The molecule has 0 rings (SSSR count). The molecule has 12 heavy (non-hydrogen) atoms. The average Bonchev–Trinajstić information content (AvgIpc) is 1.98. The Bertz CT molecular complexity index is 109. The third kappa shape index (κ3) is 7.41. The van der Waals surface area contributed by atoms with Crippen molar-refractivity contribution in [2.24, 2.45) is 0 Å². The molecule has 0 radical (unpaired) electrons. The molecule has 0 atom stereocenters. The van der Waals surface area contributed by atoms with Crippen molar-refractivity contribution in [1.82, 2.24) is 0 Å². The van der Waals surface area contributed by atoms with Crippen LogP contribution < -0.4 is 0 Å². The van der Waals surface area contributed by atoms with Crippen LogP contribution in [0.4, 0.5) is 0 Å². The molecule has 0 N–H and O–H groups in total. The lowest BCUT2D eigenvalue weighted by molar-refractivity contribution is 0.346. The highest BCUT2D eigenvalue weighted by atomic mass is 35.7. The van der Waals surface area contributed by atoms with E-state index in [4.69, 9.17) is 26.6 Å². The SMILES string of the molecule is CCCCCC[Si](Cl)(Cl)OCC. The Morgan fingerprint density at radius 1 is 1.08 bits per heavy atom. The molecule has 0 aromatic heterocycles. The van der Waals surface area contributed by atoms with Gasteiger partial charge in [-0.2, -0.15) is 0 Å². The summed E-state index contributed by atoms with van der Waals surface area (Å²) >= 11 is 12.0. The second kappa shape index (κ2) is 7.19. The lowest BCUT2D eigenvalue weighted by Crippen LogP contribution is -2.23. The van der Waals surface area contributed by atoms with E-state index in [9.17, 15) is 0 Å². The quantitative estimate of drug-likeness (QED) is 0.364. The minimum atomic E-state index is -2.31. The van der Waals surface area contributed by atoms with E-state index in [1.807, 2.05) is 6.92 Å². The van der Waals surface area contributed by atoms with Gasteiger partial charge in [0, 0.05) is 6.61 Å². The second-order valence-corrected chi connectivity index (χ2v) is 9.19. The summed E-state index contributed by atoms with van der Waals surface area (Å²) in [6, 6.07) is 0.865. The minimum Gasteiger partial charge on any atom is -0.393 e. The summed E-state index contributed by atoms with van der Waals surface area (Å²) in [6.07, 6.45) is 4.84. The van der Waals surface area contributed by atoms with Crippen LogP contribution in [0, 0.1) is 0 Å². The number of rotatable bonds is 7. The molecule has 0 spiro atoms. The largest absolute Gasteiger partial charge is 0.393 e. The van der Waals surface area contributed by atoms with Crippen LogP contribution in [0.1, 0.15) is 39.5 Å². The van der Waals surface area contributed by atoms with Crippen LogP contribution in [-0.4, -0.2) is 13.5 Å². The van der Waals surface area contributed by atoms with Crippen molar-refractivity contribution >= 4 is 29.1 Å². The Morgan fingerprint density at radius 2 is 1.75 bits per heavy atom. The molecular formula is C8H18Cl2OSi. The fourth-order valence-corrected chi connectivity index (χ4v) is 3.73. The first kappa shape index (κ1) is 12.8. The molecular weight excluding hydrogens is 211 g/mol. The molecule has 0 unspecified atom stereocenters. The average molecular weight is 229 g/mol. The van der Waals surface area contributed by atoms with Crippen LogP contribution in [0.5, 0.6) is 0 Å². The Balaban J connectivity index is 3.33. The van der Waals surface area contributed by atoms with E-state index in [0.717, 1.165) is 12.5 Å². The Labute approximate surface area is 85.9 Å². The van der Waals surface area contributed by atoms with Crippen molar-refractivity contribution in [2.45, 2.75) is 45.6 Å². The molecule has 1 nitrogen and oxygen atoms in total. The first-order valence-corrected chi connectivity index (χ1v) is 8.78. The molecule has 0 amide bonds. The molecule has 0 aliphatic heterocycles. The van der Waals surface area contributed by atoms with Gasteiger partial charge < -0.3 is 4.43 Å². The van der Waals surface area contributed by atoms with E-state index < -0.39 is 6.94 Å². The Morgan fingerprint density at radius 3 is 2.25 bits per heavy atom. The maximum absolute atomic E-state index is 6.00. The Hall–Kier alpha value is 0.757. The van der Waals surface area contributed by atoms with Crippen molar-refractivity contribution in [3.05, 3.63) is 0 Å². The standard InChI is InChI=1S/C8H18Cl2OSi/c1-3-5-6-7-8-12(9,10)11-4-2/h3-8H2,1-2H3. The zero-order valence-corrected chi connectivity index (χ0v) is 10.4. The Kier molecular flexibility index (Phi) is 7.64. The fourth-order valence-electron chi connectivity index (χ4n) is 1.04. The van der Waals surface area contributed by atoms with Gasteiger partial charge in [0.05, 0.1) is 0 Å². The molecule has 0 aromatic carbocycles. The van der Waals surface area contributed by atoms with Crippen LogP contribution in [0.15, 0.2) is 0 Å². The smallest absolute Gasteiger partial charge is 0.389 e. The molecule has 0 saturated carbocycles. The number of hydrogen-bond acceptors (Lipinski definition) is 1. The number of hydrogen-bond donors (Lipinski definition) is 0. The summed E-state index contributed by atoms with van der Waals surface area (Å²) in [5.74, 6) is 0. The molecule has 0 fully saturated rings. The monoisotopic (exact) mass is 228 g/mol. The van der Waals surface area contributed by atoms with E-state index in [-0.39, 0.29) is 0 Å². The van der Waals surface area contributed by atoms with Gasteiger partial charge >= 0.3 is 6.94 Å². The van der Waals surface area contributed by atoms with Crippen LogP contribution in [0.3, 0.4) is 0 Å². The van der Waals surface area contributed by atoms with E-state index in [0.29, 0.717) is 6.61 Å². The highest BCUT2D eigenvalue weighted by molar-refractivity contribution is 7.42. The third-order valence-corrected chi connectivity index (χ3v) is 5.11. The molecule has 0 bridgehead atoms. The first-order valence-electron chi connectivity index (χ1n) is 4.64. The highest BCUT2D eigenvalue weighted by Crippen LogP contribution is 2.24. The van der Waals surface area contributed by atoms with E-state index >= 15 is 0 Å². The minimum absolute atomic E-state index is 0.632. The topological polar surface area (TPSA) is 9.23 Å². The molecule has 74 valence electrons.